The van der Waals surface area contributed by atoms with E-state index in [0.717, 1.165) is 6.54 Å². The molecule has 0 aromatic heterocycles. The summed E-state index contributed by atoms with van der Waals surface area (Å²) in [4.78, 5) is 11.5. The lowest BCUT2D eigenvalue weighted by molar-refractivity contribution is -0.120. The smallest absolute Gasteiger partial charge is 0.134 e. The van der Waals surface area contributed by atoms with Gasteiger partial charge < -0.3 is 5.32 Å². The molecule has 2 aliphatic heterocycles. The van der Waals surface area contributed by atoms with E-state index < -0.39 is 0 Å². The third kappa shape index (κ3) is 1.20. The van der Waals surface area contributed by atoms with Crippen molar-refractivity contribution < 1.29 is 4.79 Å². The summed E-state index contributed by atoms with van der Waals surface area (Å²) in [5.41, 5.74) is 2.46. The van der Waals surface area contributed by atoms with Gasteiger partial charge >= 0.3 is 0 Å². The van der Waals surface area contributed by atoms with E-state index >= 15 is 0 Å². The van der Waals surface area contributed by atoms with Crippen LogP contribution in [-0.4, -0.2) is 18.5 Å². The summed E-state index contributed by atoms with van der Waals surface area (Å²) in [5, 5.41) is 6.78. The summed E-state index contributed by atoms with van der Waals surface area (Å²) in [6.07, 6.45) is 0.247. The Labute approximate surface area is 88.9 Å². The molecular weight excluding hydrogens is 188 g/mol. The van der Waals surface area contributed by atoms with Gasteiger partial charge in [-0.15, -0.1) is 0 Å². The lowest BCUT2D eigenvalue weighted by Gasteiger charge is -2.14. The molecule has 3 rings (SSSR count). The normalized spacial score (nSPS) is 31.9. The van der Waals surface area contributed by atoms with Crippen LogP contribution in [0.15, 0.2) is 24.3 Å². The van der Waals surface area contributed by atoms with Crippen molar-refractivity contribution in [3.8, 4) is 0 Å². The minimum absolute atomic E-state index is 0.131. The van der Waals surface area contributed by atoms with E-state index in [0.29, 0.717) is 5.92 Å². The molecule has 15 heavy (non-hydrogen) atoms. The summed E-state index contributed by atoms with van der Waals surface area (Å²) >= 11 is 0. The first-order valence-electron chi connectivity index (χ1n) is 5.36. The fourth-order valence-electron chi connectivity index (χ4n) is 2.76. The minimum Gasteiger partial charge on any atom is -0.369 e. The first kappa shape index (κ1) is 8.92. The average molecular weight is 202 g/mol. The lowest BCUT2D eigenvalue weighted by atomic mass is 9.86. The van der Waals surface area contributed by atoms with Crippen LogP contribution in [0.4, 0.5) is 5.69 Å². The molecule has 3 unspecified atom stereocenters. The molecule has 2 aliphatic rings. The van der Waals surface area contributed by atoms with Crippen molar-refractivity contribution in [3.05, 3.63) is 29.8 Å². The SMILES string of the molecule is CC(=O)C1CNC2Nc3ccccc3C21. The van der Waals surface area contributed by atoms with Gasteiger partial charge in [-0.3, -0.25) is 10.1 Å². The van der Waals surface area contributed by atoms with Crippen LogP contribution in [0.2, 0.25) is 0 Å². The third-order valence-electron chi connectivity index (χ3n) is 3.50. The molecule has 0 radical (unpaired) electrons. The molecule has 0 aliphatic carbocycles. The molecule has 78 valence electrons. The number of fused-ring (bicyclic) bond motifs is 3. The number of benzene rings is 1. The summed E-state index contributed by atoms with van der Waals surface area (Å²) in [6.45, 7) is 2.49. The van der Waals surface area contributed by atoms with Gasteiger partial charge in [-0.1, -0.05) is 18.2 Å². The molecule has 2 heterocycles. The Bertz CT molecular complexity index is 416. The molecule has 1 fully saturated rings. The number of hydrogen-bond donors (Lipinski definition) is 2. The summed E-state index contributed by atoms with van der Waals surface area (Å²) < 4.78 is 0. The fourth-order valence-corrected chi connectivity index (χ4v) is 2.76. The first-order valence-corrected chi connectivity index (χ1v) is 5.36. The predicted octanol–water partition coefficient (Wildman–Crippen LogP) is 1.33. The molecule has 1 aromatic carbocycles. The van der Waals surface area contributed by atoms with Crippen LogP contribution in [-0.2, 0) is 4.79 Å². The Balaban J connectivity index is 2.03. The van der Waals surface area contributed by atoms with E-state index in [1.165, 1.54) is 11.3 Å². The Kier molecular flexibility index (Phi) is 1.83. The Morgan fingerprint density at radius 2 is 2.20 bits per heavy atom. The average Bonchev–Trinajstić information content (AvgIpc) is 2.74. The largest absolute Gasteiger partial charge is 0.369 e. The fraction of sp³-hybridized carbons (Fsp3) is 0.417. The van der Waals surface area contributed by atoms with Gasteiger partial charge in [0.1, 0.15) is 5.78 Å². The summed E-state index contributed by atoms with van der Waals surface area (Å²) in [5.74, 6) is 0.735. The summed E-state index contributed by atoms with van der Waals surface area (Å²) in [7, 11) is 0. The quantitative estimate of drug-likeness (QED) is 0.722. The number of carbonyl (C=O) groups excluding carboxylic acids is 1. The summed E-state index contributed by atoms with van der Waals surface area (Å²) in [6, 6.07) is 8.26. The number of ketones is 1. The number of carbonyl (C=O) groups is 1. The van der Waals surface area contributed by atoms with Crippen LogP contribution >= 0.6 is 0 Å². The van der Waals surface area contributed by atoms with Crippen LogP contribution in [0.5, 0.6) is 0 Å². The second kappa shape index (κ2) is 3.07. The highest BCUT2D eigenvalue weighted by Gasteiger charge is 2.44. The monoisotopic (exact) mass is 202 g/mol. The van der Waals surface area contributed by atoms with Crippen molar-refractivity contribution in [1.29, 1.82) is 0 Å². The zero-order chi connectivity index (χ0) is 10.4. The third-order valence-corrected chi connectivity index (χ3v) is 3.50. The topological polar surface area (TPSA) is 41.1 Å². The van der Waals surface area contributed by atoms with Gasteiger partial charge in [-0.05, 0) is 18.6 Å². The van der Waals surface area contributed by atoms with Gasteiger partial charge in [0.15, 0.2) is 0 Å². The number of nitrogens with one attached hydrogen (secondary N) is 2. The maximum atomic E-state index is 11.5. The van der Waals surface area contributed by atoms with Gasteiger partial charge in [-0.25, -0.2) is 0 Å². The van der Waals surface area contributed by atoms with Gasteiger partial charge in [-0.2, -0.15) is 0 Å². The van der Waals surface area contributed by atoms with E-state index in [-0.39, 0.29) is 17.9 Å². The molecule has 3 heteroatoms. The highest BCUT2D eigenvalue weighted by atomic mass is 16.1. The van der Waals surface area contributed by atoms with E-state index in [9.17, 15) is 4.79 Å². The van der Waals surface area contributed by atoms with Crippen molar-refractivity contribution in [3.63, 3.8) is 0 Å². The van der Waals surface area contributed by atoms with E-state index in [1.807, 2.05) is 12.1 Å². The number of para-hydroxylation sites is 1. The first-order chi connectivity index (χ1) is 7.27. The van der Waals surface area contributed by atoms with E-state index in [4.69, 9.17) is 0 Å². The number of Topliss-reactive ketones (excluding diaryl/α,β-unsaturated/α-hetero) is 1. The van der Waals surface area contributed by atoms with Gasteiger partial charge in [0.2, 0.25) is 0 Å². The zero-order valence-corrected chi connectivity index (χ0v) is 8.66. The molecule has 0 bridgehead atoms. The predicted molar refractivity (Wildman–Crippen MR) is 58.8 cm³/mol. The van der Waals surface area contributed by atoms with Gasteiger partial charge in [0, 0.05) is 24.1 Å². The van der Waals surface area contributed by atoms with Crippen molar-refractivity contribution >= 4 is 11.5 Å². The van der Waals surface area contributed by atoms with Gasteiger partial charge in [0.05, 0.1) is 6.17 Å². The Morgan fingerprint density at radius 3 is 3.00 bits per heavy atom. The van der Waals surface area contributed by atoms with Crippen molar-refractivity contribution in [2.45, 2.75) is 19.0 Å². The van der Waals surface area contributed by atoms with Crippen molar-refractivity contribution in [2.24, 2.45) is 5.92 Å². The maximum Gasteiger partial charge on any atom is 0.134 e. The Morgan fingerprint density at radius 1 is 1.40 bits per heavy atom. The molecule has 1 saturated heterocycles. The van der Waals surface area contributed by atoms with Crippen LogP contribution in [0, 0.1) is 5.92 Å². The molecule has 0 spiro atoms. The van der Waals surface area contributed by atoms with E-state index in [1.54, 1.807) is 6.92 Å². The molecule has 3 atom stereocenters. The molecule has 1 aromatic rings. The molecular formula is C12H14N2O. The molecule has 0 amide bonds. The van der Waals surface area contributed by atoms with Crippen LogP contribution in [0.3, 0.4) is 0 Å². The lowest BCUT2D eigenvalue weighted by Crippen LogP contribution is -2.29. The highest BCUT2D eigenvalue weighted by Crippen LogP contribution is 2.42. The van der Waals surface area contributed by atoms with Crippen LogP contribution in [0.1, 0.15) is 18.4 Å². The van der Waals surface area contributed by atoms with E-state index in [2.05, 4.69) is 22.8 Å². The Hall–Kier alpha value is -1.35. The van der Waals surface area contributed by atoms with Crippen LogP contribution in [0.25, 0.3) is 0 Å². The van der Waals surface area contributed by atoms with Crippen molar-refractivity contribution in [1.82, 2.24) is 5.32 Å². The number of hydrogen-bond acceptors (Lipinski definition) is 3. The molecule has 3 nitrogen and oxygen atoms in total. The number of rotatable bonds is 1. The number of anilines is 1. The second-order valence-electron chi connectivity index (χ2n) is 4.36. The van der Waals surface area contributed by atoms with Crippen molar-refractivity contribution in [2.75, 3.05) is 11.9 Å². The van der Waals surface area contributed by atoms with Crippen LogP contribution < -0.4 is 10.6 Å². The highest BCUT2D eigenvalue weighted by molar-refractivity contribution is 5.81. The van der Waals surface area contributed by atoms with Gasteiger partial charge in [0.25, 0.3) is 0 Å². The molecule has 2 N–H and O–H groups in total. The zero-order valence-electron chi connectivity index (χ0n) is 8.66. The molecule has 0 saturated carbocycles. The second-order valence-corrected chi connectivity index (χ2v) is 4.36. The maximum absolute atomic E-state index is 11.5. The standard InChI is InChI=1S/C12H14N2O/c1-7(15)9-6-13-12-11(9)8-4-2-3-5-10(8)14-12/h2-5,9,11-14H,6H2,1H3. The minimum atomic E-state index is 0.131.